The number of alkyl halides is 2. The van der Waals surface area contributed by atoms with E-state index < -0.39 is 6.61 Å². The van der Waals surface area contributed by atoms with Crippen molar-refractivity contribution in [1.82, 2.24) is 0 Å². The molecule has 1 N–H and O–H groups in total. The first-order valence-electron chi connectivity index (χ1n) is 8.21. The Hall–Kier alpha value is -2.50. The molecule has 0 bridgehead atoms. The van der Waals surface area contributed by atoms with Gasteiger partial charge in [-0.2, -0.15) is 8.78 Å². The molecule has 0 fully saturated rings. The van der Waals surface area contributed by atoms with Crippen LogP contribution in [0.4, 0.5) is 14.5 Å². The Morgan fingerprint density at radius 1 is 1.08 bits per heavy atom. The Kier molecular flexibility index (Phi) is 7.32. The van der Waals surface area contributed by atoms with Crippen LogP contribution < -0.4 is 19.5 Å². The van der Waals surface area contributed by atoms with E-state index in [2.05, 4.69) is 17.0 Å². The van der Waals surface area contributed by atoms with Crippen molar-refractivity contribution in [2.75, 3.05) is 19.0 Å². The summed E-state index contributed by atoms with van der Waals surface area (Å²) in [5, 5.41) is 3.19. The molecule has 2 aromatic carbocycles. The fraction of sp³-hybridized carbons (Fsp3) is 0.368. The van der Waals surface area contributed by atoms with Crippen LogP contribution in [0.3, 0.4) is 0 Å². The highest BCUT2D eigenvalue weighted by molar-refractivity contribution is 5.49. The molecule has 0 saturated carbocycles. The van der Waals surface area contributed by atoms with Crippen molar-refractivity contribution in [1.29, 1.82) is 0 Å². The van der Waals surface area contributed by atoms with Gasteiger partial charge in [-0.25, -0.2) is 0 Å². The molecule has 4 nitrogen and oxygen atoms in total. The summed E-state index contributed by atoms with van der Waals surface area (Å²) in [6.07, 6.45) is 2.03. The molecule has 6 heteroatoms. The van der Waals surface area contributed by atoms with Gasteiger partial charge in [0, 0.05) is 18.3 Å². The summed E-state index contributed by atoms with van der Waals surface area (Å²) < 4.78 is 40.0. The molecule has 0 amide bonds. The summed E-state index contributed by atoms with van der Waals surface area (Å²) in [5.41, 5.74) is 1.69. The molecular weight excluding hydrogens is 328 g/mol. The van der Waals surface area contributed by atoms with E-state index in [1.165, 1.54) is 12.1 Å². The largest absolute Gasteiger partial charge is 0.493 e. The van der Waals surface area contributed by atoms with Gasteiger partial charge in [-0.05, 0) is 36.2 Å². The van der Waals surface area contributed by atoms with Crippen LogP contribution >= 0.6 is 0 Å². The highest BCUT2D eigenvalue weighted by Crippen LogP contribution is 2.29. The van der Waals surface area contributed by atoms with Gasteiger partial charge >= 0.3 is 6.61 Å². The Bertz CT molecular complexity index is 665. The van der Waals surface area contributed by atoms with Gasteiger partial charge in [0.2, 0.25) is 0 Å². The molecule has 0 aromatic heterocycles. The van der Waals surface area contributed by atoms with Gasteiger partial charge in [0.15, 0.2) is 11.5 Å². The first-order chi connectivity index (χ1) is 12.1. The summed E-state index contributed by atoms with van der Waals surface area (Å²) in [5.74, 6) is 1.51. The average Bonchev–Trinajstić information content (AvgIpc) is 2.60. The lowest BCUT2D eigenvalue weighted by molar-refractivity contribution is -0.0498. The Morgan fingerprint density at radius 2 is 1.92 bits per heavy atom. The van der Waals surface area contributed by atoms with Gasteiger partial charge < -0.3 is 19.5 Å². The lowest BCUT2D eigenvalue weighted by Gasteiger charge is -2.13. The van der Waals surface area contributed by atoms with Crippen LogP contribution in [0.5, 0.6) is 17.2 Å². The van der Waals surface area contributed by atoms with Gasteiger partial charge in [-0.3, -0.25) is 0 Å². The summed E-state index contributed by atoms with van der Waals surface area (Å²) in [4.78, 5) is 0. The average molecular weight is 351 g/mol. The van der Waals surface area contributed by atoms with Crippen molar-refractivity contribution in [2.45, 2.75) is 32.9 Å². The van der Waals surface area contributed by atoms with Crippen LogP contribution in [0.15, 0.2) is 42.5 Å². The van der Waals surface area contributed by atoms with E-state index in [4.69, 9.17) is 9.47 Å². The van der Waals surface area contributed by atoms with Crippen molar-refractivity contribution in [2.24, 2.45) is 0 Å². The van der Waals surface area contributed by atoms with Gasteiger partial charge in [0.05, 0.1) is 13.7 Å². The van der Waals surface area contributed by atoms with Crippen LogP contribution in [-0.2, 0) is 6.54 Å². The molecule has 0 atom stereocenters. The fourth-order valence-electron chi connectivity index (χ4n) is 2.26. The van der Waals surface area contributed by atoms with Crippen LogP contribution in [0.2, 0.25) is 0 Å². The second kappa shape index (κ2) is 9.71. The van der Waals surface area contributed by atoms with Crippen LogP contribution in [-0.4, -0.2) is 20.3 Å². The predicted molar refractivity (Wildman–Crippen MR) is 93.8 cm³/mol. The molecule has 0 saturated heterocycles. The Labute approximate surface area is 146 Å². The quantitative estimate of drug-likeness (QED) is 0.606. The molecular formula is C19H23F2NO3. The molecule has 0 radical (unpaired) electrons. The number of methoxy groups -OCH3 is 1. The maximum absolute atomic E-state index is 12.3. The fourth-order valence-corrected chi connectivity index (χ4v) is 2.26. The molecule has 25 heavy (non-hydrogen) atoms. The number of unbranched alkanes of at least 4 members (excludes halogenated alkanes) is 1. The summed E-state index contributed by atoms with van der Waals surface area (Å²) in [6, 6.07) is 12.2. The van der Waals surface area contributed by atoms with E-state index in [0.29, 0.717) is 30.3 Å². The third-order valence-electron chi connectivity index (χ3n) is 3.54. The van der Waals surface area contributed by atoms with Gasteiger partial charge in [-0.15, -0.1) is 0 Å². The first-order valence-corrected chi connectivity index (χ1v) is 8.21. The smallest absolute Gasteiger partial charge is 0.387 e. The van der Waals surface area contributed by atoms with Gasteiger partial charge in [0.1, 0.15) is 5.75 Å². The number of halogens is 2. The molecule has 0 unspecified atom stereocenters. The lowest BCUT2D eigenvalue weighted by atomic mass is 10.2. The van der Waals surface area contributed by atoms with Crippen molar-refractivity contribution >= 4 is 5.69 Å². The molecule has 0 aliphatic heterocycles. The van der Waals surface area contributed by atoms with Crippen LogP contribution in [0.1, 0.15) is 25.3 Å². The molecule has 2 aromatic rings. The standard InChI is InChI=1S/C19H23F2NO3/c1-3-4-10-24-18-11-14(8-9-17(18)23-2)13-22-15-6-5-7-16(12-15)25-19(20)21/h5-9,11-12,19,22H,3-4,10,13H2,1-2H3. The van der Waals surface area contributed by atoms with E-state index >= 15 is 0 Å². The first kappa shape index (κ1) is 18.8. The minimum Gasteiger partial charge on any atom is -0.493 e. The van der Waals surface area contributed by atoms with E-state index in [0.717, 1.165) is 18.4 Å². The second-order valence-corrected chi connectivity index (χ2v) is 5.45. The molecule has 136 valence electrons. The molecule has 0 aliphatic carbocycles. The molecule has 0 spiro atoms. The number of rotatable bonds is 10. The number of nitrogens with one attached hydrogen (secondary N) is 1. The van der Waals surface area contributed by atoms with Crippen molar-refractivity contribution in [3.63, 3.8) is 0 Å². The summed E-state index contributed by atoms with van der Waals surface area (Å²) >= 11 is 0. The lowest BCUT2D eigenvalue weighted by Crippen LogP contribution is -2.04. The number of anilines is 1. The maximum atomic E-state index is 12.3. The summed E-state index contributed by atoms with van der Waals surface area (Å²) in [6.45, 7) is 0.426. The Morgan fingerprint density at radius 3 is 2.64 bits per heavy atom. The van der Waals surface area contributed by atoms with Crippen molar-refractivity contribution in [3.05, 3.63) is 48.0 Å². The van der Waals surface area contributed by atoms with Gasteiger partial charge in [-0.1, -0.05) is 25.5 Å². The number of benzene rings is 2. The highest BCUT2D eigenvalue weighted by atomic mass is 19.3. The van der Waals surface area contributed by atoms with E-state index in [1.54, 1.807) is 19.2 Å². The zero-order chi connectivity index (χ0) is 18.1. The van der Waals surface area contributed by atoms with E-state index in [1.807, 2.05) is 18.2 Å². The summed E-state index contributed by atoms with van der Waals surface area (Å²) in [7, 11) is 1.61. The highest BCUT2D eigenvalue weighted by Gasteiger charge is 2.07. The number of ether oxygens (including phenoxy) is 3. The molecule has 0 aliphatic rings. The molecule has 0 heterocycles. The normalized spacial score (nSPS) is 10.6. The Balaban J connectivity index is 2.01. The van der Waals surface area contributed by atoms with Crippen LogP contribution in [0, 0.1) is 0 Å². The predicted octanol–water partition coefficient (Wildman–Crippen LogP) is 5.09. The maximum Gasteiger partial charge on any atom is 0.387 e. The minimum absolute atomic E-state index is 0.123. The zero-order valence-corrected chi connectivity index (χ0v) is 14.4. The van der Waals surface area contributed by atoms with E-state index in [9.17, 15) is 8.78 Å². The van der Waals surface area contributed by atoms with Crippen LogP contribution in [0.25, 0.3) is 0 Å². The van der Waals surface area contributed by atoms with Crippen molar-refractivity contribution < 1.29 is 23.0 Å². The third kappa shape index (κ3) is 6.14. The van der Waals surface area contributed by atoms with E-state index in [-0.39, 0.29) is 5.75 Å². The van der Waals surface area contributed by atoms with Gasteiger partial charge in [0.25, 0.3) is 0 Å². The third-order valence-corrected chi connectivity index (χ3v) is 3.54. The molecule has 2 rings (SSSR count). The topological polar surface area (TPSA) is 39.7 Å². The van der Waals surface area contributed by atoms with Crippen molar-refractivity contribution in [3.8, 4) is 17.2 Å². The zero-order valence-electron chi connectivity index (χ0n) is 14.4. The second-order valence-electron chi connectivity index (χ2n) is 5.45. The minimum atomic E-state index is -2.83. The monoisotopic (exact) mass is 351 g/mol. The SMILES string of the molecule is CCCCOc1cc(CNc2cccc(OC(F)F)c2)ccc1OC. The number of hydrogen-bond acceptors (Lipinski definition) is 4. The number of hydrogen-bond donors (Lipinski definition) is 1.